The molecular formula is C18H22N2OS. The number of para-hydroxylation sites is 2. The topological polar surface area (TPSA) is 33.3 Å². The highest BCUT2D eigenvalue weighted by Gasteiger charge is 2.05. The SMILES string of the molecule is CCC(C)c1ccc(NC(=S)Nc2ccccc2OC)cc1. The largest absolute Gasteiger partial charge is 0.495 e. The highest BCUT2D eigenvalue weighted by molar-refractivity contribution is 7.80. The van der Waals surface area contributed by atoms with Gasteiger partial charge >= 0.3 is 0 Å². The van der Waals surface area contributed by atoms with Gasteiger partial charge in [-0.25, -0.2) is 0 Å². The number of hydrogen-bond donors (Lipinski definition) is 2. The fourth-order valence-electron chi connectivity index (χ4n) is 2.16. The van der Waals surface area contributed by atoms with E-state index >= 15 is 0 Å². The average molecular weight is 314 g/mol. The molecule has 2 aromatic rings. The molecule has 1 unspecified atom stereocenters. The number of hydrogen-bond acceptors (Lipinski definition) is 2. The molecule has 4 heteroatoms. The predicted octanol–water partition coefficient (Wildman–Crippen LogP) is 5.02. The number of benzene rings is 2. The maximum atomic E-state index is 5.36. The van der Waals surface area contributed by atoms with E-state index in [-0.39, 0.29) is 0 Å². The van der Waals surface area contributed by atoms with Gasteiger partial charge in [-0.05, 0) is 54.4 Å². The Morgan fingerprint density at radius 2 is 1.77 bits per heavy atom. The number of anilines is 2. The van der Waals surface area contributed by atoms with Crippen molar-refractivity contribution in [2.45, 2.75) is 26.2 Å². The quantitative estimate of drug-likeness (QED) is 0.759. The normalized spacial score (nSPS) is 11.6. The molecule has 0 saturated heterocycles. The van der Waals surface area contributed by atoms with E-state index in [9.17, 15) is 0 Å². The number of ether oxygens (including phenoxy) is 1. The van der Waals surface area contributed by atoms with Crippen molar-refractivity contribution in [3.05, 3.63) is 54.1 Å². The summed E-state index contributed by atoms with van der Waals surface area (Å²) < 4.78 is 5.30. The molecule has 0 radical (unpaired) electrons. The molecule has 0 bridgehead atoms. The summed E-state index contributed by atoms with van der Waals surface area (Å²) in [4.78, 5) is 0. The molecule has 2 N–H and O–H groups in total. The summed E-state index contributed by atoms with van der Waals surface area (Å²) in [6, 6.07) is 16.1. The zero-order valence-electron chi connectivity index (χ0n) is 13.2. The number of thiocarbonyl (C=S) groups is 1. The van der Waals surface area contributed by atoms with Gasteiger partial charge in [0.25, 0.3) is 0 Å². The van der Waals surface area contributed by atoms with Crippen molar-refractivity contribution in [3.63, 3.8) is 0 Å². The Hall–Kier alpha value is -2.07. The van der Waals surface area contributed by atoms with E-state index in [2.05, 4.69) is 48.7 Å². The summed E-state index contributed by atoms with van der Waals surface area (Å²) in [5, 5.41) is 6.89. The monoisotopic (exact) mass is 314 g/mol. The summed E-state index contributed by atoms with van der Waals surface area (Å²) in [5.41, 5.74) is 3.16. The van der Waals surface area contributed by atoms with Crippen LogP contribution >= 0.6 is 12.2 Å². The van der Waals surface area contributed by atoms with Crippen molar-refractivity contribution in [2.24, 2.45) is 0 Å². The van der Waals surface area contributed by atoms with Gasteiger partial charge in [0.2, 0.25) is 0 Å². The molecule has 0 saturated carbocycles. The maximum Gasteiger partial charge on any atom is 0.175 e. The van der Waals surface area contributed by atoms with Gasteiger partial charge in [-0.1, -0.05) is 38.1 Å². The van der Waals surface area contributed by atoms with Crippen molar-refractivity contribution in [3.8, 4) is 5.75 Å². The number of nitrogens with one attached hydrogen (secondary N) is 2. The highest BCUT2D eigenvalue weighted by atomic mass is 32.1. The van der Waals surface area contributed by atoms with Crippen LogP contribution in [0.3, 0.4) is 0 Å². The van der Waals surface area contributed by atoms with E-state index in [1.165, 1.54) is 5.56 Å². The Morgan fingerprint density at radius 1 is 1.09 bits per heavy atom. The predicted molar refractivity (Wildman–Crippen MR) is 98.0 cm³/mol. The van der Waals surface area contributed by atoms with Crippen molar-refractivity contribution in [1.29, 1.82) is 0 Å². The van der Waals surface area contributed by atoms with Crippen molar-refractivity contribution >= 4 is 28.7 Å². The van der Waals surface area contributed by atoms with Crippen LogP contribution in [0.15, 0.2) is 48.5 Å². The van der Waals surface area contributed by atoms with Crippen molar-refractivity contribution in [1.82, 2.24) is 0 Å². The smallest absolute Gasteiger partial charge is 0.175 e. The average Bonchev–Trinajstić information content (AvgIpc) is 2.55. The minimum atomic E-state index is 0.542. The lowest BCUT2D eigenvalue weighted by molar-refractivity contribution is 0.417. The molecule has 3 nitrogen and oxygen atoms in total. The van der Waals surface area contributed by atoms with Crippen molar-refractivity contribution < 1.29 is 4.74 Å². The summed E-state index contributed by atoms with van der Waals surface area (Å²) in [7, 11) is 1.64. The minimum Gasteiger partial charge on any atom is -0.495 e. The summed E-state index contributed by atoms with van der Waals surface area (Å²) in [6.07, 6.45) is 1.14. The Bertz CT molecular complexity index is 625. The lowest BCUT2D eigenvalue weighted by Gasteiger charge is -2.14. The summed E-state index contributed by atoms with van der Waals surface area (Å²) in [6.45, 7) is 4.43. The van der Waals surface area contributed by atoms with Gasteiger partial charge in [-0.3, -0.25) is 0 Å². The van der Waals surface area contributed by atoms with Gasteiger partial charge in [0.1, 0.15) is 5.75 Å². The van der Waals surface area contributed by atoms with Crippen LogP contribution in [0, 0.1) is 0 Å². The summed E-state index contributed by atoms with van der Waals surface area (Å²) in [5.74, 6) is 1.34. The van der Waals surface area contributed by atoms with Crippen molar-refractivity contribution in [2.75, 3.05) is 17.7 Å². The fraction of sp³-hybridized carbons (Fsp3) is 0.278. The Balaban J connectivity index is 2.00. The molecule has 0 spiro atoms. The lowest BCUT2D eigenvalue weighted by Crippen LogP contribution is -2.19. The highest BCUT2D eigenvalue weighted by Crippen LogP contribution is 2.24. The standard InChI is InChI=1S/C18H22N2OS/c1-4-13(2)14-9-11-15(12-10-14)19-18(22)20-16-7-5-6-8-17(16)21-3/h5-13H,4H2,1-3H3,(H2,19,20,22). The Kier molecular flexibility index (Phi) is 5.78. The van der Waals surface area contributed by atoms with Crippen LogP contribution in [-0.4, -0.2) is 12.2 Å². The molecule has 0 aliphatic carbocycles. The molecule has 0 aliphatic heterocycles. The molecule has 0 fully saturated rings. The Morgan fingerprint density at radius 3 is 2.41 bits per heavy atom. The molecular weight excluding hydrogens is 292 g/mol. The molecule has 0 heterocycles. The van der Waals surface area contributed by atoms with Gasteiger partial charge in [0.15, 0.2) is 5.11 Å². The second-order valence-corrected chi connectivity index (χ2v) is 5.62. The second kappa shape index (κ2) is 7.80. The maximum absolute atomic E-state index is 5.36. The molecule has 2 aromatic carbocycles. The number of methoxy groups -OCH3 is 1. The zero-order chi connectivity index (χ0) is 15.9. The molecule has 0 amide bonds. The first kappa shape index (κ1) is 16.3. The molecule has 0 aliphatic rings. The Labute approximate surface area is 137 Å². The third kappa shape index (κ3) is 4.21. The zero-order valence-corrected chi connectivity index (χ0v) is 14.0. The number of rotatable bonds is 5. The van der Waals surface area contributed by atoms with Crippen LogP contribution in [0.1, 0.15) is 31.7 Å². The summed E-state index contributed by atoms with van der Waals surface area (Å²) >= 11 is 5.36. The van der Waals surface area contributed by atoms with Crippen LogP contribution in [0.5, 0.6) is 5.75 Å². The van der Waals surface area contributed by atoms with Crippen LogP contribution in [-0.2, 0) is 0 Å². The van der Waals surface area contributed by atoms with Crippen LogP contribution < -0.4 is 15.4 Å². The first-order valence-corrected chi connectivity index (χ1v) is 7.85. The first-order valence-electron chi connectivity index (χ1n) is 7.45. The van der Waals surface area contributed by atoms with E-state index in [1.54, 1.807) is 7.11 Å². The first-order chi connectivity index (χ1) is 10.6. The molecule has 116 valence electrons. The molecule has 22 heavy (non-hydrogen) atoms. The molecule has 2 rings (SSSR count). The molecule has 0 aromatic heterocycles. The van der Waals surface area contributed by atoms with E-state index in [1.807, 2.05) is 24.3 Å². The van der Waals surface area contributed by atoms with E-state index in [0.29, 0.717) is 11.0 Å². The molecule has 1 atom stereocenters. The van der Waals surface area contributed by atoms with Crippen LogP contribution in [0.2, 0.25) is 0 Å². The van der Waals surface area contributed by atoms with E-state index < -0.39 is 0 Å². The lowest BCUT2D eigenvalue weighted by atomic mass is 9.99. The van der Waals surface area contributed by atoms with E-state index in [4.69, 9.17) is 17.0 Å². The van der Waals surface area contributed by atoms with Crippen LogP contribution in [0.25, 0.3) is 0 Å². The third-order valence-corrected chi connectivity index (χ3v) is 3.91. The van der Waals surface area contributed by atoms with Gasteiger partial charge in [-0.2, -0.15) is 0 Å². The van der Waals surface area contributed by atoms with Gasteiger partial charge in [0, 0.05) is 5.69 Å². The minimum absolute atomic E-state index is 0.542. The van der Waals surface area contributed by atoms with Gasteiger partial charge < -0.3 is 15.4 Å². The van der Waals surface area contributed by atoms with Gasteiger partial charge in [0.05, 0.1) is 12.8 Å². The van der Waals surface area contributed by atoms with Crippen LogP contribution in [0.4, 0.5) is 11.4 Å². The van der Waals surface area contributed by atoms with Gasteiger partial charge in [-0.15, -0.1) is 0 Å². The third-order valence-electron chi connectivity index (χ3n) is 3.71. The van der Waals surface area contributed by atoms with E-state index in [0.717, 1.165) is 23.5 Å². The fourth-order valence-corrected chi connectivity index (χ4v) is 2.39. The second-order valence-electron chi connectivity index (χ2n) is 5.21.